The van der Waals surface area contributed by atoms with Crippen LogP contribution in [0.1, 0.15) is 34.8 Å². The molecule has 2 amide bonds. The third-order valence-corrected chi connectivity index (χ3v) is 5.59. The minimum absolute atomic E-state index is 0.0202. The van der Waals surface area contributed by atoms with Gasteiger partial charge in [-0.05, 0) is 37.2 Å². The number of piperazine rings is 1. The van der Waals surface area contributed by atoms with Crippen molar-refractivity contribution >= 4 is 17.5 Å². The van der Waals surface area contributed by atoms with Crippen molar-refractivity contribution in [1.29, 1.82) is 0 Å². The lowest BCUT2D eigenvalue weighted by atomic mass is 10.0. The lowest BCUT2D eigenvalue weighted by molar-refractivity contribution is -0.117. The first kappa shape index (κ1) is 18.6. The van der Waals surface area contributed by atoms with E-state index in [1.165, 1.54) is 12.1 Å². The zero-order valence-electron chi connectivity index (χ0n) is 16.0. The number of carbonyl (C=O) groups is 2. The molecule has 0 aliphatic carbocycles. The number of hydrogen-bond donors (Lipinski definition) is 0. The second kappa shape index (κ2) is 7.72. The first-order valence-corrected chi connectivity index (χ1v) is 9.69. The van der Waals surface area contributed by atoms with E-state index < -0.39 is 5.82 Å². The molecular weight excluding hydrogens is 357 g/mol. The third-order valence-electron chi connectivity index (χ3n) is 5.59. The van der Waals surface area contributed by atoms with Crippen LogP contribution < -0.4 is 4.90 Å². The van der Waals surface area contributed by atoms with Crippen molar-refractivity contribution in [1.82, 2.24) is 9.80 Å². The van der Waals surface area contributed by atoms with Crippen LogP contribution in [0.2, 0.25) is 0 Å². The fourth-order valence-electron chi connectivity index (χ4n) is 4.04. The molecule has 2 aliphatic rings. The summed E-state index contributed by atoms with van der Waals surface area (Å²) >= 11 is 0. The zero-order valence-corrected chi connectivity index (χ0v) is 16.0. The van der Waals surface area contributed by atoms with Gasteiger partial charge in [0.2, 0.25) is 5.91 Å². The monoisotopic (exact) mass is 381 g/mol. The number of anilines is 1. The van der Waals surface area contributed by atoms with Crippen LogP contribution in [-0.2, 0) is 4.79 Å². The van der Waals surface area contributed by atoms with E-state index in [1.54, 1.807) is 15.9 Å². The summed E-state index contributed by atoms with van der Waals surface area (Å²) in [6.07, 6.45) is 1.28. The molecule has 2 aromatic rings. The molecule has 0 bridgehead atoms. The Morgan fingerprint density at radius 3 is 2.57 bits per heavy atom. The minimum Gasteiger partial charge on any atom is -0.329 e. The molecule has 2 heterocycles. The van der Waals surface area contributed by atoms with Gasteiger partial charge < -0.3 is 14.7 Å². The number of amides is 2. The number of rotatable bonds is 3. The molecule has 1 atom stereocenters. The van der Waals surface area contributed by atoms with Crippen LogP contribution in [0.4, 0.5) is 10.1 Å². The van der Waals surface area contributed by atoms with Gasteiger partial charge in [-0.2, -0.15) is 0 Å². The standard InChI is InChI=1S/C22H24FN3O2/c1-24-12-13-26(20(15-24)16-6-3-2-4-7-16)22(28)18-14-17(9-10-19(18)23)25-11-5-8-21(25)27/h2-4,6-7,9-10,14,20H,5,8,11-13,15H2,1H3. The molecule has 28 heavy (non-hydrogen) atoms. The molecule has 2 saturated heterocycles. The second-order valence-corrected chi connectivity index (χ2v) is 7.50. The van der Waals surface area contributed by atoms with Gasteiger partial charge in [0.25, 0.3) is 5.91 Å². The highest BCUT2D eigenvalue weighted by Crippen LogP contribution is 2.29. The first-order valence-electron chi connectivity index (χ1n) is 9.69. The van der Waals surface area contributed by atoms with E-state index >= 15 is 0 Å². The summed E-state index contributed by atoms with van der Waals surface area (Å²) in [4.78, 5) is 30.9. The Balaban J connectivity index is 1.66. The molecule has 0 saturated carbocycles. The lowest BCUT2D eigenvalue weighted by Crippen LogP contribution is -2.49. The highest BCUT2D eigenvalue weighted by Gasteiger charge is 2.32. The van der Waals surface area contributed by atoms with Gasteiger partial charge in [0.05, 0.1) is 11.6 Å². The zero-order chi connectivity index (χ0) is 19.7. The van der Waals surface area contributed by atoms with Crippen LogP contribution in [-0.4, -0.2) is 54.8 Å². The Morgan fingerprint density at radius 2 is 1.86 bits per heavy atom. The number of hydrogen-bond acceptors (Lipinski definition) is 3. The second-order valence-electron chi connectivity index (χ2n) is 7.50. The Kier molecular flexibility index (Phi) is 5.13. The smallest absolute Gasteiger partial charge is 0.257 e. The molecule has 0 spiro atoms. The van der Waals surface area contributed by atoms with E-state index in [9.17, 15) is 14.0 Å². The molecule has 2 aromatic carbocycles. The first-order chi connectivity index (χ1) is 13.5. The Morgan fingerprint density at radius 1 is 1.07 bits per heavy atom. The summed E-state index contributed by atoms with van der Waals surface area (Å²) in [5.74, 6) is -0.856. The Labute approximate surface area is 164 Å². The van der Waals surface area contributed by atoms with Gasteiger partial charge in [0, 0.05) is 38.3 Å². The summed E-state index contributed by atoms with van der Waals surface area (Å²) in [7, 11) is 2.03. The van der Waals surface area contributed by atoms with Gasteiger partial charge in [0.1, 0.15) is 5.82 Å². The van der Waals surface area contributed by atoms with E-state index in [0.29, 0.717) is 31.7 Å². The van der Waals surface area contributed by atoms with Crippen molar-refractivity contribution in [2.45, 2.75) is 18.9 Å². The molecule has 5 nitrogen and oxygen atoms in total. The SMILES string of the molecule is CN1CCN(C(=O)c2cc(N3CCCC3=O)ccc2F)C(c2ccccc2)C1. The number of nitrogens with zero attached hydrogens (tertiary/aromatic N) is 3. The maximum Gasteiger partial charge on any atom is 0.257 e. The minimum atomic E-state index is -0.550. The largest absolute Gasteiger partial charge is 0.329 e. The lowest BCUT2D eigenvalue weighted by Gasteiger charge is -2.40. The number of carbonyl (C=O) groups excluding carboxylic acids is 2. The van der Waals surface area contributed by atoms with Crippen LogP contribution >= 0.6 is 0 Å². The summed E-state index contributed by atoms with van der Waals surface area (Å²) < 4.78 is 14.6. The molecule has 146 valence electrons. The van der Waals surface area contributed by atoms with Crippen LogP contribution in [0.15, 0.2) is 48.5 Å². The fraction of sp³-hybridized carbons (Fsp3) is 0.364. The highest BCUT2D eigenvalue weighted by atomic mass is 19.1. The molecule has 2 fully saturated rings. The normalized spacial score (nSPS) is 20.6. The topological polar surface area (TPSA) is 43.9 Å². The number of benzene rings is 2. The summed E-state index contributed by atoms with van der Waals surface area (Å²) in [5.41, 5.74) is 1.66. The van der Waals surface area contributed by atoms with Gasteiger partial charge >= 0.3 is 0 Å². The molecular formula is C22H24FN3O2. The summed E-state index contributed by atoms with van der Waals surface area (Å²) in [6.45, 7) is 2.57. The van der Waals surface area contributed by atoms with Crippen molar-refractivity contribution in [2.75, 3.05) is 38.1 Å². The van der Waals surface area contributed by atoms with Gasteiger partial charge in [-0.25, -0.2) is 4.39 Å². The van der Waals surface area contributed by atoms with Crippen LogP contribution in [0.25, 0.3) is 0 Å². The van der Waals surface area contributed by atoms with E-state index in [2.05, 4.69) is 4.90 Å². The highest BCUT2D eigenvalue weighted by molar-refractivity contribution is 5.99. The quantitative estimate of drug-likeness (QED) is 0.821. The predicted molar refractivity (Wildman–Crippen MR) is 106 cm³/mol. The molecule has 6 heteroatoms. The van der Waals surface area contributed by atoms with Crippen LogP contribution in [0.3, 0.4) is 0 Å². The molecule has 0 aromatic heterocycles. The maximum absolute atomic E-state index is 14.6. The molecule has 1 unspecified atom stereocenters. The molecule has 0 N–H and O–H groups in total. The summed E-state index contributed by atoms with van der Waals surface area (Å²) in [6, 6.07) is 14.1. The fourth-order valence-corrected chi connectivity index (χ4v) is 4.04. The van der Waals surface area contributed by atoms with Gasteiger partial charge in [-0.15, -0.1) is 0 Å². The van der Waals surface area contributed by atoms with E-state index in [-0.39, 0.29) is 23.4 Å². The van der Waals surface area contributed by atoms with E-state index in [0.717, 1.165) is 18.5 Å². The number of likely N-dealkylation sites (N-methyl/N-ethyl adjacent to an activating group) is 1. The third kappa shape index (κ3) is 3.52. The number of halogens is 1. The summed E-state index contributed by atoms with van der Waals surface area (Å²) in [5, 5.41) is 0. The van der Waals surface area contributed by atoms with Crippen molar-refractivity contribution < 1.29 is 14.0 Å². The van der Waals surface area contributed by atoms with Crippen molar-refractivity contribution in [3.05, 3.63) is 65.5 Å². The van der Waals surface area contributed by atoms with Gasteiger partial charge in [0.15, 0.2) is 0 Å². The van der Waals surface area contributed by atoms with Crippen LogP contribution in [0.5, 0.6) is 0 Å². The predicted octanol–water partition coefficient (Wildman–Crippen LogP) is 3.08. The Hall–Kier alpha value is -2.73. The maximum atomic E-state index is 14.6. The van der Waals surface area contributed by atoms with Gasteiger partial charge in [-0.1, -0.05) is 30.3 Å². The molecule has 0 radical (unpaired) electrons. The molecule has 4 rings (SSSR count). The van der Waals surface area contributed by atoms with E-state index in [1.807, 2.05) is 37.4 Å². The van der Waals surface area contributed by atoms with Gasteiger partial charge in [-0.3, -0.25) is 9.59 Å². The average Bonchev–Trinajstić information content (AvgIpc) is 3.14. The van der Waals surface area contributed by atoms with E-state index in [4.69, 9.17) is 0 Å². The van der Waals surface area contributed by atoms with Crippen molar-refractivity contribution in [3.8, 4) is 0 Å². The Bertz CT molecular complexity index is 887. The molecule has 2 aliphatic heterocycles. The van der Waals surface area contributed by atoms with Crippen molar-refractivity contribution in [2.24, 2.45) is 0 Å². The average molecular weight is 381 g/mol. The van der Waals surface area contributed by atoms with Crippen molar-refractivity contribution in [3.63, 3.8) is 0 Å². The van der Waals surface area contributed by atoms with Crippen LogP contribution in [0, 0.1) is 5.82 Å².